The number of hydrogen-bond acceptors (Lipinski definition) is 6. The van der Waals surface area contributed by atoms with Gasteiger partial charge in [-0.3, -0.25) is 0 Å². The molecule has 0 unspecified atom stereocenters. The van der Waals surface area contributed by atoms with Gasteiger partial charge in [0.15, 0.2) is 0 Å². The Hall–Kier alpha value is -1.36. The molecular formula is C12H13N5S2. The number of hydrogen-bond donors (Lipinski definition) is 1. The van der Waals surface area contributed by atoms with Gasteiger partial charge in [-0.15, -0.1) is 16.4 Å². The lowest BCUT2D eigenvalue weighted by molar-refractivity contribution is 0.565. The van der Waals surface area contributed by atoms with Crippen molar-refractivity contribution >= 4 is 23.1 Å². The van der Waals surface area contributed by atoms with Crippen LogP contribution in [0.1, 0.15) is 29.3 Å². The highest BCUT2D eigenvalue weighted by atomic mass is 32.2. The van der Waals surface area contributed by atoms with E-state index in [1.54, 1.807) is 23.1 Å². The van der Waals surface area contributed by atoms with Gasteiger partial charge in [0.2, 0.25) is 5.16 Å². The van der Waals surface area contributed by atoms with Gasteiger partial charge < -0.3 is 5.73 Å². The molecule has 0 spiro atoms. The van der Waals surface area contributed by atoms with E-state index < -0.39 is 0 Å². The number of thiophene rings is 1. The lowest BCUT2D eigenvalue weighted by atomic mass is 10.3. The van der Waals surface area contributed by atoms with Gasteiger partial charge >= 0.3 is 0 Å². The van der Waals surface area contributed by atoms with E-state index in [4.69, 9.17) is 5.73 Å². The average Bonchev–Trinajstić information content (AvgIpc) is 3.00. The first-order chi connectivity index (χ1) is 9.36. The molecule has 0 saturated heterocycles. The van der Waals surface area contributed by atoms with Crippen LogP contribution in [0, 0.1) is 11.8 Å². The summed E-state index contributed by atoms with van der Waals surface area (Å²) in [6.07, 6.45) is 2.38. The summed E-state index contributed by atoms with van der Waals surface area (Å²) in [6.45, 7) is 0.399. The summed E-state index contributed by atoms with van der Waals surface area (Å²) in [5.74, 6) is 6.78. The maximum absolute atomic E-state index is 5.36. The van der Waals surface area contributed by atoms with Gasteiger partial charge in [0, 0.05) is 21.6 Å². The molecule has 1 aliphatic rings. The van der Waals surface area contributed by atoms with Crippen molar-refractivity contribution in [3.8, 4) is 11.8 Å². The molecule has 2 heterocycles. The van der Waals surface area contributed by atoms with Gasteiger partial charge in [0.25, 0.3) is 0 Å². The van der Waals surface area contributed by atoms with Crippen molar-refractivity contribution in [1.82, 2.24) is 20.2 Å². The summed E-state index contributed by atoms with van der Waals surface area (Å²) in [4.78, 5) is 1.27. The molecular weight excluding hydrogens is 278 g/mol. The molecule has 1 saturated carbocycles. The fourth-order valence-electron chi connectivity index (χ4n) is 1.64. The van der Waals surface area contributed by atoms with Crippen LogP contribution in [0.3, 0.4) is 0 Å². The largest absolute Gasteiger partial charge is 0.320 e. The molecule has 3 rings (SSSR count). The van der Waals surface area contributed by atoms with Crippen LogP contribution in [-0.4, -0.2) is 26.8 Å². The Kier molecular flexibility index (Phi) is 3.82. The maximum Gasteiger partial charge on any atom is 0.209 e. The quantitative estimate of drug-likeness (QED) is 0.685. The minimum absolute atomic E-state index is 0.399. The molecule has 0 radical (unpaired) electrons. The van der Waals surface area contributed by atoms with Crippen molar-refractivity contribution in [2.24, 2.45) is 5.73 Å². The van der Waals surface area contributed by atoms with E-state index in [0.29, 0.717) is 12.6 Å². The van der Waals surface area contributed by atoms with Gasteiger partial charge in [0.1, 0.15) is 0 Å². The fraction of sp³-hybridized carbons (Fsp3) is 0.417. The van der Waals surface area contributed by atoms with Crippen molar-refractivity contribution in [3.63, 3.8) is 0 Å². The SMILES string of the molecule is NCC#Cc1csc(CSc2nnnn2C2CC2)c1. The number of tetrazole rings is 1. The van der Waals surface area contributed by atoms with E-state index in [2.05, 4.69) is 38.8 Å². The first-order valence-electron chi connectivity index (χ1n) is 6.04. The highest BCUT2D eigenvalue weighted by molar-refractivity contribution is 7.98. The second-order valence-electron chi connectivity index (χ2n) is 4.23. The van der Waals surface area contributed by atoms with Crippen molar-refractivity contribution < 1.29 is 0 Å². The maximum atomic E-state index is 5.36. The summed E-state index contributed by atoms with van der Waals surface area (Å²) in [5, 5.41) is 14.8. The van der Waals surface area contributed by atoms with E-state index in [9.17, 15) is 0 Å². The molecule has 5 nitrogen and oxygen atoms in total. The predicted molar refractivity (Wildman–Crippen MR) is 75.9 cm³/mol. The van der Waals surface area contributed by atoms with Crippen LogP contribution in [0.15, 0.2) is 16.6 Å². The Morgan fingerprint density at radius 1 is 1.53 bits per heavy atom. The van der Waals surface area contributed by atoms with Gasteiger partial charge in [0.05, 0.1) is 12.6 Å². The van der Waals surface area contributed by atoms with Crippen LogP contribution in [0.5, 0.6) is 0 Å². The number of nitrogens with zero attached hydrogens (tertiary/aromatic N) is 4. The first-order valence-corrected chi connectivity index (χ1v) is 7.90. The van der Waals surface area contributed by atoms with Crippen LogP contribution >= 0.6 is 23.1 Å². The number of rotatable bonds is 4. The van der Waals surface area contributed by atoms with E-state index in [1.165, 1.54) is 17.7 Å². The molecule has 0 aliphatic heterocycles. The molecule has 2 aromatic rings. The van der Waals surface area contributed by atoms with Crippen LogP contribution in [0.25, 0.3) is 0 Å². The van der Waals surface area contributed by atoms with E-state index >= 15 is 0 Å². The summed E-state index contributed by atoms with van der Waals surface area (Å²) >= 11 is 3.39. The van der Waals surface area contributed by atoms with Crippen molar-refractivity contribution in [1.29, 1.82) is 0 Å². The molecule has 1 fully saturated rings. The third kappa shape index (κ3) is 3.15. The Morgan fingerprint density at radius 3 is 3.21 bits per heavy atom. The third-order valence-electron chi connectivity index (χ3n) is 2.69. The molecule has 2 N–H and O–H groups in total. The van der Waals surface area contributed by atoms with Crippen LogP contribution in [0.2, 0.25) is 0 Å². The second-order valence-corrected chi connectivity index (χ2v) is 6.17. The lowest BCUT2D eigenvalue weighted by Gasteiger charge is -2.00. The number of aromatic nitrogens is 4. The molecule has 0 amide bonds. The molecule has 19 heavy (non-hydrogen) atoms. The molecule has 7 heteroatoms. The number of thioether (sulfide) groups is 1. The van der Waals surface area contributed by atoms with E-state index in [1.807, 2.05) is 4.68 Å². The van der Waals surface area contributed by atoms with E-state index in [-0.39, 0.29) is 0 Å². The number of nitrogens with two attached hydrogens (primary N) is 1. The molecule has 1 aliphatic carbocycles. The van der Waals surface area contributed by atoms with Gasteiger partial charge in [-0.1, -0.05) is 23.6 Å². The Morgan fingerprint density at radius 2 is 2.42 bits per heavy atom. The van der Waals surface area contributed by atoms with Crippen LogP contribution in [-0.2, 0) is 5.75 Å². The van der Waals surface area contributed by atoms with Crippen LogP contribution in [0.4, 0.5) is 0 Å². The highest BCUT2D eigenvalue weighted by Gasteiger charge is 2.27. The smallest absolute Gasteiger partial charge is 0.209 e. The zero-order chi connectivity index (χ0) is 13.1. The lowest BCUT2D eigenvalue weighted by Crippen LogP contribution is -1.98. The minimum Gasteiger partial charge on any atom is -0.320 e. The summed E-state index contributed by atoms with van der Waals surface area (Å²) in [6, 6.07) is 2.62. The Balaban J connectivity index is 1.62. The summed E-state index contributed by atoms with van der Waals surface area (Å²) < 4.78 is 1.94. The molecule has 98 valence electrons. The fourth-order valence-corrected chi connectivity index (χ4v) is 3.46. The minimum atomic E-state index is 0.399. The molecule has 2 aromatic heterocycles. The topological polar surface area (TPSA) is 69.6 Å². The molecule has 0 aromatic carbocycles. The van der Waals surface area contributed by atoms with Gasteiger partial charge in [-0.2, -0.15) is 0 Å². The van der Waals surface area contributed by atoms with Crippen molar-refractivity contribution in [3.05, 3.63) is 21.9 Å². The molecule has 0 atom stereocenters. The Bertz CT molecular complexity index is 617. The normalized spacial score (nSPS) is 14.2. The second kappa shape index (κ2) is 5.74. The zero-order valence-corrected chi connectivity index (χ0v) is 11.9. The summed E-state index contributed by atoms with van der Waals surface area (Å²) in [5.41, 5.74) is 6.39. The Labute approximate surface area is 119 Å². The summed E-state index contributed by atoms with van der Waals surface area (Å²) in [7, 11) is 0. The van der Waals surface area contributed by atoms with Gasteiger partial charge in [-0.05, 0) is 29.3 Å². The predicted octanol–water partition coefficient (Wildman–Crippen LogP) is 1.67. The third-order valence-corrected chi connectivity index (χ3v) is 4.79. The zero-order valence-electron chi connectivity index (χ0n) is 10.2. The highest BCUT2D eigenvalue weighted by Crippen LogP contribution is 2.37. The van der Waals surface area contributed by atoms with Crippen molar-refractivity contribution in [2.45, 2.75) is 29.8 Å². The van der Waals surface area contributed by atoms with Crippen LogP contribution < -0.4 is 5.73 Å². The first kappa shape index (κ1) is 12.7. The van der Waals surface area contributed by atoms with Crippen molar-refractivity contribution in [2.75, 3.05) is 6.54 Å². The van der Waals surface area contributed by atoms with E-state index in [0.717, 1.165) is 16.5 Å². The standard InChI is InChI=1S/C12H13N5S2/c13-5-1-2-9-6-11(18-7-9)8-19-12-14-15-16-17(12)10-3-4-10/h6-7,10H,3-5,8,13H2. The monoisotopic (exact) mass is 291 g/mol. The van der Waals surface area contributed by atoms with Gasteiger partial charge in [-0.25, -0.2) is 4.68 Å². The average molecular weight is 291 g/mol. The molecule has 0 bridgehead atoms.